The summed E-state index contributed by atoms with van der Waals surface area (Å²) in [6, 6.07) is 6.22. The summed E-state index contributed by atoms with van der Waals surface area (Å²) in [5.41, 5.74) is 2.12. The zero-order chi connectivity index (χ0) is 18.4. The van der Waals surface area contributed by atoms with E-state index in [1.807, 2.05) is 12.1 Å². The first kappa shape index (κ1) is 18.5. The highest BCUT2D eigenvalue weighted by Gasteiger charge is 2.24. The molecule has 26 heavy (non-hydrogen) atoms. The average molecular weight is 358 g/mol. The van der Waals surface area contributed by atoms with E-state index in [2.05, 4.69) is 25.8 Å². The first-order chi connectivity index (χ1) is 12.9. The van der Waals surface area contributed by atoms with Crippen LogP contribution in [0.2, 0.25) is 0 Å². The predicted octanol–water partition coefficient (Wildman–Crippen LogP) is 1.49. The number of carbonyl (C=O) groups is 1. The van der Waals surface area contributed by atoms with E-state index in [0.29, 0.717) is 0 Å². The molecule has 1 N–H and O–H groups in total. The minimum atomic E-state index is 0.0966. The van der Waals surface area contributed by atoms with Gasteiger partial charge in [0.25, 0.3) is 0 Å². The lowest BCUT2D eigenvalue weighted by atomic mass is 9.99. The molecular formula is C19H26N4O3. The fourth-order valence-electron chi connectivity index (χ4n) is 3.70. The van der Waals surface area contributed by atoms with Crippen LogP contribution in [0.15, 0.2) is 24.5 Å². The third-order valence-electron chi connectivity index (χ3n) is 4.92. The van der Waals surface area contributed by atoms with Crippen LogP contribution in [-0.2, 0) is 9.53 Å². The van der Waals surface area contributed by atoms with Gasteiger partial charge in [0, 0.05) is 39.2 Å². The normalized spacial score (nSPS) is 20.5. The highest BCUT2D eigenvalue weighted by molar-refractivity contribution is 6.00. The number of carbonyl (C=O) groups excluding carboxylic acids is 1. The lowest BCUT2D eigenvalue weighted by Gasteiger charge is -2.34. The quantitative estimate of drug-likeness (QED) is 0.833. The van der Waals surface area contributed by atoms with Crippen molar-refractivity contribution < 1.29 is 14.6 Å². The molecule has 1 aromatic heterocycles. The van der Waals surface area contributed by atoms with E-state index in [4.69, 9.17) is 9.84 Å². The summed E-state index contributed by atoms with van der Waals surface area (Å²) in [5.74, 6) is 1.05. The van der Waals surface area contributed by atoms with Gasteiger partial charge in [-0.2, -0.15) is 0 Å². The van der Waals surface area contributed by atoms with Crippen molar-refractivity contribution in [2.75, 3.05) is 56.3 Å². The second-order valence-corrected chi connectivity index (χ2v) is 6.45. The van der Waals surface area contributed by atoms with E-state index in [0.717, 1.165) is 82.4 Å². The van der Waals surface area contributed by atoms with Gasteiger partial charge in [0.2, 0.25) is 0 Å². The lowest BCUT2D eigenvalue weighted by Crippen LogP contribution is -2.38. The number of aliphatic hydroxyl groups excluding tert-OH is 1. The predicted molar refractivity (Wildman–Crippen MR) is 102 cm³/mol. The molecule has 7 nitrogen and oxygen atoms in total. The summed E-state index contributed by atoms with van der Waals surface area (Å²) in [6.07, 6.45) is 4.71. The molecule has 0 amide bonds. The summed E-state index contributed by atoms with van der Waals surface area (Å²) >= 11 is 0. The van der Waals surface area contributed by atoms with Gasteiger partial charge in [-0.15, -0.1) is 0 Å². The number of piperidine rings is 1. The Morgan fingerprint density at radius 2 is 1.96 bits per heavy atom. The largest absolute Gasteiger partial charge is 0.400 e. The molecule has 2 aromatic rings. The molecule has 0 aliphatic carbocycles. The molecule has 0 bridgehead atoms. The first-order valence-corrected chi connectivity index (χ1v) is 9.08. The molecule has 0 saturated carbocycles. The van der Waals surface area contributed by atoms with Crippen LogP contribution in [-0.4, -0.2) is 67.9 Å². The number of anilines is 2. The maximum Gasteiger partial charge on any atom is 0.142 e. The summed E-state index contributed by atoms with van der Waals surface area (Å²) in [6.45, 7) is 4.93. The molecule has 140 valence electrons. The van der Waals surface area contributed by atoms with Crippen molar-refractivity contribution in [3.05, 3.63) is 24.5 Å². The third kappa shape index (κ3) is 3.78. The third-order valence-corrected chi connectivity index (χ3v) is 4.92. The fraction of sp³-hybridized carbons (Fsp3) is 0.526. The second kappa shape index (κ2) is 8.91. The molecule has 7 heteroatoms. The lowest BCUT2D eigenvalue weighted by molar-refractivity contribution is -0.111. The van der Waals surface area contributed by atoms with E-state index in [-0.39, 0.29) is 5.92 Å². The Hall–Kier alpha value is -2.25. The Bertz CT molecular complexity index is 729. The van der Waals surface area contributed by atoms with Gasteiger partial charge < -0.3 is 24.4 Å². The van der Waals surface area contributed by atoms with E-state index < -0.39 is 0 Å². The van der Waals surface area contributed by atoms with Gasteiger partial charge in [0.15, 0.2) is 0 Å². The van der Waals surface area contributed by atoms with Crippen molar-refractivity contribution >= 4 is 28.7 Å². The Morgan fingerprint density at radius 3 is 2.73 bits per heavy atom. The zero-order valence-electron chi connectivity index (χ0n) is 15.2. The molecule has 0 spiro atoms. The van der Waals surface area contributed by atoms with Crippen molar-refractivity contribution in [2.45, 2.75) is 12.8 Å². The smallest absolute Gasteiger partial charge is 0.142 e. The number of fused-ring (bicyclic) bond motifs is 1. The van der Waals surface area contributed by atoms with Crippen LogP contribution in [0.4, 0.5) is 11.5 Å². The summed E-state index contributed by atoms with van der Waals surface area (Å²) in [7, 11) is 1.00. The highest BCUT2D eigenvalue weighted by Crippen LogP contribution is 2.34. The molecule has 0 radical (unpaired) electrons. The Kier molecular flexibility index (Phi) is 6.35. The maximum atomic E-state index is 11.2. The number of benzene rings is 1. The van der Waals surface area contributed by atoms with Gasteiger partial charge in [-0.3, -0.25) is 0 Å². The van der Waals surface area contributed by atoms with Crippen LogP contribution in [0.5, 0.6) is 0 Å². The molecule has 4 rings (SSSR count). The molecule has 2 fully saturated rings. The molecule has 2 aliphatic rings. The SMILES string of the molecule is CO.O=CC1CCCN(c2ncnc3cccc(N4CCOCC4)c23)C1. The van der Waals surface area contributed by atoms with Crippen LogP contribution < -0.4 is 9.80 Å². The number of hydrogen-bond acceptors (Lipinski definition) is 7. The minimum Gasteiger partial charge on any atom is -0.400 e. The summed E-state index contributed by atoms with van der Waals surface area (Å²) in [5, 5.41) is 8.09. The van der Waals surface area contributed by atoms with Gasteiger partial charge >= 0.3 is 0 Å². The van der Waals surface area contributed by atoms with Crippen molar-refractivity contribution in [3.8, 4) is 0 Å². The van der Waals surface area contributed by atoms with E-state index >= 15 is 0 Å². The highest BCUT2D eigenvalue weighted by atomic mass is 16.5. The van der Waals surface area contributed by atoms with Crippen LogP contribution >= 0.6 is 0 Å². The van der Waals surface area contributed by atoms with Crippen LogP contribution in [0, 0.1) is 5.92 Å². The molecule has 1 aromatic carbocycles. The van der Waals surface area contributed by atoms with Crippen LogP contribution in [0.25, 0.3) is 10.9 Å². The molecule has 1 atom stereocenters. The fourth-order valence-corrected chi connectivity index (χ4v) is 3.70. The Balaban J connectivity index is 0.000000948. The van der Waals surface area contributed by atoms with Gasteiger partial charge in [-0.1, -0.05) is 6.07 Å². The van der Waals surface area contributed by atoms with Crippen molar-refractivity contribution in [1.82, 2.24) is 9.97 Å². The van der Waals surface area contributed by atoms with Crippen molar-refractivity contribution in [3.63, 3.8) is 0 Å². The number of nitrogens with zero attached hydrogens (tertiary/aromatic N) is 4. The molecule has 2 aliphatic heterocycles. The van der Waals surface area contributed by atoms with Crippen molar-refractivity contribution in [2.24, 2.45) is 5.92 Å². The van der Waals surface area contributed by atoms with Gasteiger partial charge in [-0.05, 0) is 25.0 Å². The average Bonchev–Trinajstić information content (AvgIpc) is 2.75. The molecule has 3 heterocycles. The van der Waals surface area contributed by atoms with E-state index in [9.17, 15) is 4.79 Å². The van der Waals surface area contributed by atoms with Gasteiger partial charge in [-0.25, -0.2) is 9.97 Å². The number of rotatable bonds is 3. The monoisotopic (exact) mass is 358 g/mol. The van der Waals surface area contributed by atoms with Gasteiger partial charge in [0.1, 0.15) is 18.4 Å². The number of aromatic nitrogens is 2. The molecule has 1 unspecified atom stereocenters. The Labute approximate surface area is 153 Å². The van der Waals surface area contributed by atoms with E-state index in [1.54, 1.807) is 6.33 Å². The van der Waals surface area contributed by atoms with Crippen LogP contribution in [0.1, 0.15) is 12.8 Å². The summed E-state index contributed by atoms with van der Waals surface area (Å²) < 4.78 is 5.49. The van der Waals surface area contributed by atoms with E-state index in [1.165, 1.54) is 5.69 Å². The summed E-state index contributed by atoms with van der Waals surface area (Å²) in [4.78, 5) is 24.9. The van der Waals surface area contributed by atoms with Crippen LogP contribution in [0.3, 0.4) is 0 Å². The number of hydrogen-bond donors (Lipinski definition) is 1. The molecule has 2 saturated heterocycles. The molecular weight excluding hydrogens is 332 g/mol. The Morgan fingerprint density at radius 1 is 1.15 bits per heavy atom. The topological polar surface area (TPSA) is 78.8 Å². The second-order valence-electron chi connectivity index (χ2n) is 6.45. The minimum absolute atomic E-state index is 0.0966. The maximum absolute atomic E-state index is 11.2. The van der Waals surface area contributed by atoms with Gasteiger partial charge in [0.05, 0.1) is 29.8 Å². The number of morpholine rings is 1. The number of aldehydes is 1. The number of aliphatic hydroxyl groups is 1. The van der Waals surface area contributed by atoms with Crippen molar-refractivity contribution in [1.29, 1.82) is 0 Å². The first-order valence-electron chi connectivity index (χ1n) is 9.08. The zero-order valence-corrected chi connectivity index (χ0v) is 15.2. The standard InChI is InChI=1S/C18H22N4O2.CH4O/c23-12-14-3-2-6-22(11-14)18-17-15(19-13-20-18)4-1-5-16(17)21-7-9-24-10-8-21;1-2/h1,4-5,12-14H,2-3,6-11H2;2H,1H3. The number of ether oxygens (including phenoxy) is 1.